The highest BCUT2D eigenvalue weighted by atomic mass is 14.3. The van der Waals surface area contributed by atoms with E-state index in [4.69, 9.17) is 0 Å². The molecule has 0 fully saturated rings. The molecule has 1 rings (SSSR count). The van der Waals surface area contributed by atoms with Gasteiger partial charge in [-0.1, -0.05) is 52.2 Å². The first-order valence-corrected chi connectivity index (χ1v) is 5.19. The lowest BCUT2D eigenvalue weighted by Crippen LogP contribution is -2.14. The van der Waals surface area contributed by atoms with Crippen molar-refractivity contribution in [3.05, 3.63) is 48.1 Å². The van der Waals surface area contributed by atoms with Gasteiger partial charge in [0.25, 0.3) is 0 Å². The van der Waals surface area contributed by atoms with Gasteiger partial charge in [-0.05, 0) is 35.0 Å². The highest BCUT2D eigenvalue weighted by Crippen LogP contribution is 2.37. The SMILES string of the molecule is C=CC1=C(C=C)C(C(C)(C)C)=CCC1. The third kappa shape index (κ3) is 2.06. The second kappa shape index (κ2) is 4.00. The zero-order valence-corrected chi connectivity index (χ0v) is 9.56. The second-order valence-electron chi connectivity index (χ2n) is 4.75. The van der Waals surface area contributed by atoms with Crippen molar-refractivity contribution >= 4 is 0 Å². The Morgan fingerprint density at radius 1 is 1.21 bits per heavy atom. The van der Waals surface area contributed by atoms with Crippen LogP contribution in [0.5, 0.6) is 0 Å². The van der Waals surface area contributed by atoms with Crippen LogP contribution in [0.25, 0.3) is 0 Å². The van der Waals surface area contributed by atoms with E-state index in [0.717, 1.165) is 12.8 Å². The van der Waals surface area contributed by atoms with Crippen molar-refractivity contribution in [2.24, 2.45) is 5.41 Å². The molecule has 0 spiro atoms. The van der Waals surface area contributed by atoms with Crippen LogP contribution >= 0.6 is 0 Å². The van der Waals surface area contributed by atoms with Crippen LogP contribution in [0.2, 0.25) is 0 Å². The molecule has 0 saturated heterocycles. The predicted molar refractivity (Wildman–Crippen MR) is 64.2 cm³/mol. The van der Waals surface area contributed by atoms with Gasteiger partial charge in [-0.3, -0.25) is 0 Å². The molecule has 0 N–H and O–H groups in total. The molecule has 0 unspecified atom stereocenters. The van der Waals surface area contributed by atoms with Crippen molar-refractivity contribution in [1.29, 1.82) is 0 Å². The Labute approximate surface area is 87.7 Å². The van der Waals surface area contributed by atoms with Gasteiger partial charge >= 0.3 is 0 Å². The maximum absolute atomic E-state index is 3.90. The molecule has 0 saturated carbocycles. The quantitative estimate of drug-likeness (QED) is 0.601. The topological polar surface area (TPSA) is 0 Å². The summed E-state index contributed by atoms with van der Waals surface area (Å²) >= 11 is 0. The lowest BCUT2D eigenvalue weighted by Gasteiger charge is -2.28. The zero-order chi connectivity index (χ0) is 10.8. The van der Waals surface area contributed by atoms with Crippen molar-refractivity contribution in [3.8, 4) is 0 Å². The van der Waals surface area contributed by atoms with Gasteiger partial charge in [0.05, 0.1) is 0 Å². The van der Waals surface area contributed by atoms with E-state index >= 15 is 0 Å². The third-order valence-electron chi connectivity index (χ3n) is 2.66. The average molecular weight is 188 g/mol. The smallest absolute Gasteiger partial charge is 0.0129 e. The lowest BCUT2D eigenvalue weighted by atomic mass is 9.76. The van der Waals surface area contributed by atoms with Gasteiger partial charge in [-0.25, -0.2) is 0 Å². The minimum absolute atomic E-state index is 0.207. The van der Waals surface area contributed by atoms with E-state index in [1.807, 2.05) is 12.2 Å². The Bertz CT molecular complexity index is 305. The Balaban J connectivity index is 3.19. The van der Waals surface area contributed by atoms with Crippen molar-refractivity contribution in [2.45, 2.75) is 33.6 Å². The van der Waals surface area contributed by atoms with Crippen molar-refractivity contribution in [1.82, 2.24) is 0 Å². The molecule has 0 atom stereocenters. The molecule has 0 aromatic carbocycles. The van der Waals surface area contributed by atoms with Gasteiger partial charge in [0.15, 0.2) is 0 Å². The van der Waals surface area contributed by atoms with Crippen LogP contribution < -0.4 is 0 Å². The summed E-state index contributed by atoms with van der Waals surface area (Å²) in [5.74, 6) is 0. The van der Waals surface area contributed by atoms with E-state index in [1.165, 1.54) is 16.7 Å². The fourth-order valence-corrected chi connectivity index (χ4v) is 1.95. The first kappa shape index (κ1) is 11.0. The van der Waals surface area contributed by atoms with Crippen LogP contribution in [-0.2, 0) is 0 Å². The summed E-state index contributed by atoms with van der Waals surface area (Å²) in [5, 5.41) is 0. The normalized spacial score (nSPS) is 17.8. The predicted octanol–water partition coefficient (Wildman–Crippen LogP) is 4.42. The number of hydrogen-bond donors (Lipinski definition) is 0. The molecular weight excluding hydrogens is 168 g/mol. The van der Waals surface area contributed by atoms with Gasteiger partial charge in [-0.2, -0.15) is 0 Å². The molecule has 0 aromatic heterocycles. The maximum atomic E-state index is 3.90. The first-order chi connectivity index (χ1) is 6.50. The van der Waals surface area contributed by atoms with E-state index in [0.29, 0.717) is 0 Å². The molecule has 0 heteroatoms. The largest absolute Gasteiger partial charge is 0.0988 e. The summed E-state index contributed by atoms with van der Waals surface area (Å²) in [6.45, 7) is 14.5. The van der Waals surface area contributed by atoms with Crippen LogP contribution in [0.3, 0.4) is 0 Å². The lowest BCUT2D eigenvalue weighted by molar-refractivity contribution is 0.506. The number of hydrogen-bond acceptors (Lipinski definition) is 0. The minimum Gasteiger partial charge on any atom is -0.0988 e. The van der Waals surface area contributed by atoms with Crippen molar-refractivity contribution in [2.75, 3.05) is 0 Å². The van der Waals surface area contributed by atoms with Crippen molar-refractivity contribution in [3.63, 3.8) is 0 Å². The number of allylic oxidation sites excluding steroid dienone is 6. The summed E-state index contributed by atoms with van der Waals surface area (Å²) in [6.07, 6.45) is 8.50. The van der Waals surface area contributed by atoms with Crippen molar-refractivity contribution < 1.29 is 0 Å². The van der Waals surface area contributed by atoms with Crippen LogP contribution in [-0.4, -0.2) is 0 Å². The molecule has 0 nitrogen and oxygen atoms in total. The molecular formula is C14H20. The standard InChI is InChI=1S/C14H20/c1-6-11-9-8-10-13(12(11)7-2)14(3,4)5/h6-7,10H,1-2,8-9H2,3-5H3. The Morgan fingerprint density at radius 2 is 1.86 bits per heavy atom. The monoisotopic (exact) mass is 188 g/mol. The maximum Gasteiger partial charge on any atom is -0.0129 e. The van der Waals surface area contributed by atoms with E-state index < -0.39 is 0 Å². The van der Waals surface area contributed by atoms with Crippen LogP contribution in [0.4, 0.5) is 0 Å². The molecule has 0 bridgehead atoms. The second-order valence-corrected chi connectivity index (χ2v) is 4.75. The Morgan fingerprint density at radius 3 is 2.29 bits per heavy atom. The van der Waals surface area contributed by atoms with Gasteiger partial charge in [0, 0.05) is 0 Å². The third-order valence-corrected chi connectivity index (χ3v) is 2.66. The fourth-order valence-electron chi connectivity index (χ4n) is 1.95. The minimum atomic E-state index is 0.207. The molecule has 0 amide bonds. The van der Waals surface area contributed by atoms with Crippen LogP contribution in [0, 0.1) is 5.41 Å². The van der Waals surface area contributed by atoms with E-state index in [1.54, 1.807) is 0 Å². The van der Waals surface area contributed by atoms with Gasteiger partial charge in [0.2, 0.25) is 0 Å². The molecule has 0 heterocycles. The van der Waals surface area contributed by atoms with Crippen LogP contribution in [0.15, 0.2) is 48.1 Å². The summed E-state index contributed by atoms with van der Waals surface area (Å²) in [4.78, 5) is 0. The number of rotatable bonds is 2. The summed E-state index contributed by atoms with van der Waals surface area (Å²) < 4.78 is 0. The fraction of sp³-hybridized carbons (Fsp3) is 0.429. The first-order valence-electron chi connectivity index (χ1n) is 5.19. The summed E-state index contributed by atoms with van der Waals surface area (Å²) in [5.41, 5.74) is 4.25. The zero-order valence-electron chi connectivity index (χ0n) is 9.56. The molecule has 0 aromatic rings. The highest BCUT2D eigenvalue weighted by Gasteiger charge is 2.22. The average Bonchev–Trinajstić information content (AvgIpc) is 2.15. The molecule has 1 aliphatic rings. The van der Waals surface area contributed by atoms with Crippen LogP contribution in [0.1, 0.15) is 33.6 Å². The summed E-state index contributed by atoms with van der Waals surface area (Å²) in [6, 6.07) is 0. The summed E-state index contributed by atoms with van der Waals surface area (Å²) in [7, 11) is 0. The van der Waals surface area contributed by atoms with Gasteiger partial charge < -0.3 is 0 Å². The Hall–Kier alpha value is -1.04. The molecule has 1 aliphatic carbocycles. The molecule has 76 valence electrons. The van der Waals surface area contributed by atoms with Gasteiger partial charge in [0.1, 0.15) is 0 Å². The van der Waals surface area contributed by atoms with E-state index in [2.05, 4.69) is 40.0 Å². The van der Waals surface area contributed by atoms with E-state index in [9.17, 15) is 0 Å². The van der Waals surface area contributed by atoms with Gasteiger partial charge in [-0.15, -0.1) is 0 Å². The Kier molecular flexibility index (Phi) is 3.15. The van der Waals surface area contributed by atoms with E-state index in [-0.39, 0.29) is 5.41 Å². The highest BCUT2D eigenvalue weighted by molar-refractivity contribution is 5.50. The molecule has 14 heavy (non-hydrogen) atoms. The molecule has 0 radical (unpaired) electrons. The molecule has 0 aliphatic heterocycles.